The van der Waals surface area contributed by atoms with Crippen molar-refractivity contribution in [2.24, 2.45) is 5.50 Å². The summed E-state index contributed by atoms with van der Waals surface area (Å²) in [6.45, 7) is 2.12. The van der Waals surface area contributed by atoms with Gasteiger partial charge in [0.15, 0.2) is 0 Å². The Morgan fingerprint density at radius 2 is 2.22 bits per heavy atom. The fourth-order valence-electron chi connectivity index (χ4n) is 0.470. The Morgan fingerprint density at radius 3 is 2.56 bits per heavy atom. The quantitative estimate of drug-likeness (QED) is 0.647. The predicted octanol–water partition coefficient (Wildman–Crippen LogP) is 1.70. The van der Waals surface area contributed by atoms with Gasteiger partial charge in [0.2, 0.25) is 0 Å². The van der Waals surface area contributed by atoms with Gasteiger partial charge < -0.3 is 4.52 Å². The van der Waals surface area contributed by atoms with Crippen LogP contribution in [0.15, 0.2) is 0 Å². The molecule has 0 saturated heterocycles. The fourth-order valence-corrected chi connectivity index (χ4v) is 1.80. The van der Waals surface area contributed by atoms with Gasteiger partial charge in [-0.2, -0.15) is 0 Å². The van der Waals surface area contributed by atoms with Crippen LogP contribution in [0.5, 0.6) is 0 Å². The third-order valence-corrected chi connectivity index (χ3v) is 3.68. The van der Waals surface area contributed by atoms with Crippen LogP contribution >= 0.6 is 6.42 Å². The molecule has 0 rings (SSSR count). The van der Waals surface area contributed by atoms with E-state index >= 15 is 0 Å². The maximum absolute atomic E-state index is 5.61. The molecule has 0 aliphatic heterocycles. The molecule has 0 amide bonds. The fraction of sp³-hybridized carbons (Fsp3) is 1.00. The summed E-state index contributed by atoms with van der Waals surface area (Å²) in [6, 6.07) is 0. The minimum absolute atomic E-state index is 0.870. The first kappa shape index (κ1) is 9.57. The third kappa shape index (κ3) is 5.04. The van der Waals surface area contributed by atoms with Gasteiger partial charge in [-0.15, -0.1) is 0 Å². The molecular weight excluding hydrogens is 153 g/mol. The number of hydrogen-bond donors (Lipinski definition) is 1. The van der Waals surface area contributed by atoms with Gasteiger partial charge in [0.05, 0.1) is 0 Å². The summed E-state index contributed by atoms with van der Waals surface area (Å²) in [7, 11) is 1.59. The Morgan fingerprint density at radius 1 is 1.67 bits per heavy atom. The maximum atomic E-state index is 5.61. The monoisotopic (exact) mass is 167 g/mol. The largest absolute Gasteiger partial charge is 0.341 e. The average Bonchev–Trinajstić information content (AvgIpc) is 1.84. The van der Waals surface area contributed by atoms with Crippen LogP contribution in [0.3, 0.4) is 0 Å². The molecule has 0 bridgehead atoms. The standard InChI is InChI=1S/C5H14NOPS/c1-3-4-5-8(6,9)7-2/h3-5H2,1-2H3,(H2,6,9). The maximum Gasteiger partial charge on any atom is 0.126 e. The van der Waals surface area contributed by atoms with Crippen molar-refractivity contribution in [1.82, 2.24) is 0 Å². The zero-order valence-electron chi connectivity index (χ0n) is 5.96. The van der Waals surface area contributed by atoms with Crippen molar-refractivity contribution < 1.29 is 4.52 Å². The molecular formula is C5H14NOPS. The van der Waals surface area contributed by atoms with Crippen molar-refractivity contribution in [1.29, 1.82) is 0 Å². The summed E-state index contributed by atoms with van der Waals surface area (Å²) in [5.74, 6) is 0. The average molecular weight is 167 g/mol. The molecule has 2 N–H and O–H groups in total. The predicted molar refractivity (Wildman–Crippen MR) is 45.3 cm³/mol. The summed E-state index contributed by atoms with van der Waals surface area (Å²) >= 11 is 4.98. The van der Waals surface area contributed by atoms with E-state index in [-0.39, 0.29) is 0 Å². The highest BCUT2D eigenvalue weighted by Crippen LogP contribution is 2.37. The second kappa shape index (κ2) is 4.40. The second-order valence-electron chi connectivity index (χ2n) is 1.99. The van der Waals surface area contributed by atoms with Crippen LogP contribution in [-0.2, 0) is 16.3 Å². The SMILES string of the molecule is CCCCP(N)(=S)OC. The van der Waals surface area contributed by atoms with Gasteiger partial charge in [-0.1, -0.05) is 25.2 Å². The van der Waals surface area contributed by atoms with Crippen LogP contribution in [0.1, 0.15) is 19.8 Å². The van der Waals surface area contributed by atoms with Gasteiger partial charge in [0.1, 0.15) is 6.42 Å². The summed E-state index contributed by atoms with van der Waals surface area (Å²) in [4.78, 5) is 0. The van der Waals surface area contributed by atoms with E-state index in [9.17, 15) is 0 Å². The van der Waals surface area contributed by atoms with Crippen molar-refractivity contribution in [2.75, 3.05) is 13.3 Å². The van der Waals surface area contributed by atoms with Gasteiger partial charge in [-0.05, 0) is 6.42 Å². The molecule has 56 valence electrons. The molecule has 0 aliphatic carbocycles. The number of nitrogens with two attached hydrogens (primary N) is 1. The van der Waals surface area contributed by atoms with Crippen LogP contribution < -0.4 is 5.50 Å². The van der Waals surface area contributed by atoms with E-state index in [0.29, 0.717) is 0 Å². The van der Waals surface area contributed by atoms with Crippen LogP contribution in [0.25, 0.3) is 0 Å². The molecule has 0 saturated carbocycles. The lowest BCUT2D eigenvalue weighted by atomic mass is 10.4. The van der Waals surface area contributed by atoms with Crippen LogP contribution in [0, 0.1) is 0 Å². The van der Waals surface area contributed by atoms with Crippen molar-refractivity contribution in [2.45, 2.75) is 19.8 Å². The third-order valence-electron chi connectivity index (χ3n) is 1.13. The van der Waals surface area contributed by atoms with Gasteiger partial charge in [0, 0.05) is 13.3 Å². The Balaban J connectivity index is 3.46. The normalized spacial score (nSPS) is 17.2. The molecule has 4 heteroatoms. The van der Waals surface area contributed by atoms with E-state index in [1.807, 2.05) is 0 Å². The number of hydrogen-bond acceptors (Lipinski definition) is 2. The molecule has 0 aromatic carbocycles. The van der Waals surface area contributed by atoms with E-state index in [4.69, 9.17) is 21.8 Å². The Labute approximate surface area is 61.9 Å². The zero-order valence-corrected chi connectivity index (χ0v) is 7.67. The molecule has 1 atom stereocenters. The lowest BCUT2D eigenvalue weighted by Crippen LogP contribution is -2.00. The molecule has 1 unspecified atom stereocenters. The van der Waals surface area contributed by atoms with Crippen molar-refractivity contribution in [3.63, 3.8) is 0 Å². The van der Waals surface area contributed by atoms with Crippen LogP contribution in [-0.4, -0.2) is 13.3 Å². The number of unbranched alkanes of at least 4 members (excludes halogenated alkanes) is 1. The summed E-state index contributed by atoms with van der Waals surface area (Å²) in [5, 5.41) is 0. The molecule has 9 heavy (non-hydrogen) atoms. The van der Waals surface area contributed by atoms with Gasteiger partial charge in [0.25, 0.3) is 0 Å². The molecule has 0 heterocycles. The van der Waals surface area contributed by atoms with Crippen molar-refractivity contribution in [3.8, 4) is 0 Å². The molecule has 0 aliphatic rings. The van der Waals surface area contributed by atoms with Crippen molar-refractivity contribution >= 4 is 18.2 Å². The van der Waals surface area contributed by atoms with E-state index in [2.05, 4.69) is 6.92 Å². The Bertz CT molecular complexity index is 118. The molecule has 0 fully saturated rings. The molecule has 0 radical (unpaired) electrons. The minimum atomic E-state index is -1.86. The lowest BCUT2D eigenvalue weighted by molar-refractivity contribution is 0.458. The molecule has 2 nitrogen and oxygen atoms in total. The first-order valence-electron chi connectivity index (χ1n) is 3.05. The van der Waals surface area contributed by atoms with Crippen LogP contribution in [0.2, 0.25) is 0 Å². The topological polar surface area (TPSA) is 35.2 Å². The highest BCUT2D eigenvalue weighted by molar-refractivity contribution is 8.11. The highest BCUT2D eigenvalue weighted by atomic mass is 32.4. The van der Waals surface area contributed by atoms with Gasteiger partial charge in [-0.25, -0.2) is 0 Å². The first-order chi connectivity index (χ1) is 4.12. The van der Waals surface area contributed by atoms with E-state index in [1.165, 1.54) is 0 Å². The minimum Gasteiger partial charge on any atom is -0.341 e. The second-order valence-corrected chi connectivity index (χ2v) is 6.10. The lowest BCUT2D eigenvalue weighted by Gasteiger charge is -2.12. The Hall–Kier alpha value is 0.570. The summed E-state index contributed by atoms with van der Waals surface area (Å²) < 4.78 is 4.94. The van der Waals surface area contributed by atoms with Crippen molar-refractivity contribution in [3.05, 3.63) is 0 Å². The highest BCUT2D eigenvalue weighted by Gasteiger charge is 2.06. The van der Waals surface area contributed by atoms with Crippen LogP contribution in [0.4, 0.5) is 0 Å². The van der Waals surface area contributed by atoms with E-state index < -0.39 is 6.42 Å². The van der Waals surface area contributed by atoms with E-state index in [1.54, 1.807) is 7.11 Å². The molecule has 0 aromatic heterocycles. The smallest absolute Gasteiger partial charge is 0.126 e. The summed E-state index contributed by atoms with van der Waals surface area (Å²) in [6.07, 6.45) is 1.24. The zero-order chi connectivity index (χ0) is 7.33. The van der Waals surface area contributed by atoms with Gasteiger partial charge >= 0.3 is 0 Å². The first-order valence-corrected chi connectivity index (χ1v) is 6.03. The molecule has 0 aromatic rings. The van der Waals surface area contributed by atoms with E-state index in [0.717, 1.165) is 19.0 Å². The Kier molecular flexibility index (Phi) is 4.67. The van der Waals surface area contributed by atoms with Gasteiger partial charge in [-0.3, -0.25) is 5.50 Å². The number of rotatable bonds is 4. The summed E-state index contributed by atoms with van der Waals surface area (Å²) in [5.41, 5.74) is 5.61. The molecule has 0 spiro atoms.